The molecule has 0 radical (unpaired) electrons. The van der Waals surface area contributed by atoms with Crippen molar-refractivity contribution in [3.63, 3.8) is 0 Å². The van der Waals surface area contributed by atoms with E-state index in [1.807, 2.05) is 0 Å². The topological polar surface area (TPSA) is 438 Å². The number of aromatic hydroxyl groups is 1. The van der Waals surface area contributed by atoms with E-state index >= 15 is 0 Å². The van der Waals surface area contributed by atoms with E-state index < -0.39 is 138 Å². The number of phenolic OH excluding ortho intramolecular Hbond substituents is 1. The molecular weight excluding hydrogens is 1080 g/mol. The first-order chi connectivity index (χ1) is 37.6. The number of primary amides is 3. The van der Waals surface area contributed by atoms with Gasteiger partial charge in [0.05, 0.1) is 17.7 Å². The molecular formula is C50H66N14O12S3. The molecule has 0 saturated carbocycles. The van der Waals surface area contributed by atoms with Crippen molar-refractivity contribution in [3.05, 3.63) is 88.7 Å². The van der Waals surface area contributed by atoms with Gasteiger partial charge in [-0.15, -0.1) is 11.8 Å². The molecule has 26 nitrogen and oxygen atoms in total. The molecule has 2 aromatic carbocycles. The zero-order valence-corrected chi connectivity index (χ0v) is 45.3. The summed E-state index contributed by atoms with van der Waals surface area (Å²) in [7, 11) is 2.19. The Morgan fingerprint density at radius 3 is 1.99 bits per heavy atom. The normalized spacial score (nSPS) is 22.4. The van der Waals surface area contributed by atoms with Gasteiger partial charge in [-0.3, -0.25) is 57.7 Å². The lowest BCUT2D eigenvalue weighted by molar-refractivity contribution is -0.142. The monoisotopic (exact) mass is 1150 g/mol. The first-order valence-electron chi connectivity index (χ1n) is 25.0. The number of hydrogen-bond acceptors (Lipinski definition) is 16. The van der Waals surface area contributed by atoms with Gasteiger partial charge in [-0.25, -0.2) is 0 Å². The summed E-state index contributed by atoms with van der Waals surface area (Å²) in [6.07, 6.45) is 1.88. The fourth-order valence-electron chi connectivity index (χ4n) is 8.53. The van der Waals surface area contributed by atoms with Gasteiger partial charge in [-0.2, -0.15) is 0 Å². The zero-order valence-electron chi connectivity index (χ0n) is 42.9. The van der Waals surface area contributed by atoms with E-state index in [1.54, 1.807) is 65.4 Å². The van der Waals surface area contributed by atoms with Crippen LogP contribution in [0.25, 0.3) is 0 Å². The standard InChI is InChI=1S/C50H66N14O12S3/c51-38(66)15-14-32-43(71)62-35(24-39(52)67)46(74)63-36(48(76)64-19-5-9-37(64)47(75)60-31(8-4-18-56-49(54)55)42(70)57-26-40(53)68)27-78-79-50(16-20-77-21-17-50)25-41(69)58-33(23-29-10-12-30(65)13-11-29)44(72)61-34(45(73)59-32)22-28-6-2-1-3-7-28/h1-3,6-7,10-13,16-17,20-21,31-37,65H,4-5,8-9,14-15,18-19,22-27H2,(H2,51,66)(H2,52,67)(H2,53,68)(H,57,70)(H,58,69)(H,59,73)(H,60,75)(H,61,72)(H,62,71)(H,63,74)(H4,54,55,56)/t31-,32?,33?,34-,35?,36-,37-/m0/s1. The Kier molecular flexibility index (Phi) is 23.9. The molecule has 2 fully saturated rings. The van der Waals surface area contributed by atoms with Crippen LogP contribution in [0.4, 0.5) is 0 Å². The minimum Gasteiger partial charge on any atom is -0.508 e. The predicted molar refractivity (Wildman–Crippen MR) is 296 cm³/mol. The van der Waals surface area contributed by atoms with Crippen LogP contribution < -0.4 is 65.9 Å². The molecule has 0 aliphatic carbocycles. The Morgan fingerprint density at radius 1 is 0.747 bits per heavy atom. The molecule has 2 saturated heterocycles. The summed E-state index contributed by atoms with van der Waals surface area (Å²) in [5.41, 5.74) is 28.3. The van der Waals surface area contributed by atoms with E-state index in [1.165, 1.54) is 28.8 Å². The highest BCUT2D eigenvalue weighted by Gasteiger charge is 2.41. The van der Waals surface area contributed by atoms with E-state index in [4.69, 9.17) is 28.7 Å². The van der Waals surface area contributed by atoms with E-state index in [-0.39, 0.29) is 69.1 Å². The molecule has 3 aliphatic rings. The highest BCUT2D eigenvalue weighted by atomic mass is 33.1. The van der Waals surface area contributed by atoms with E-state index in [2.05, 4.69) is 42.2 Å². The van der Waals surface area contributed by atoms with Gasteiger partial charge in [0.15, 0.2) is 5.96 Å². The SMILES string of the molecule is NC(=O)CCC1NC(=O)[C@H](Cc2ccccc2)NC(=O)C(Cc2ccc(O)cc2)NC(=O)CC2(C=CSC=C2)SSC[C@@H](C(=O)N2CCC[C@H]2C(=O)N[C@@H](CCCN=C(N)N)C(=O)NCC(N)=O)NC(=O)C(CC(N)=O)NC1=O. The number of aliphatic imine (C=N–C) groups is 1. The molecule has 29 heteroatoms. The second kappa shape index (κ2) is 30.4. The number of phenols is 1. The summed E-state index contributed by atoms with van der Waals surface area (Å²) in [5.74, 6) is -10.1. The number of carbonyl (C=O) groups is 11. The smallest absolute Gasteiger partial charge is 0.246 e. The van der Waals surface area contributed by atoms with Gasteiger partial charge in [0.2, 0.25) is 65.0 Å². The zero-order chi connectivity index (χ0) is 57.6. The second-order valence-electron chi connectivity index (χ2n) is 18.7. The van der Waals surface area contributed by atoms with Crippen molar-refractivity contribution in [1.82, 2.24) is 42.1 Å². The van der Waals surface area contributed by atoms with Crippen LogP contribution in [0.5, 0.6) is 5.75 Å². The number of carbonyl (C=O) groups excluding carboxylic acids is 11. The minimum atomic E-state index is -1.80. The number of guanidine groups is 1. The highest BCUT2D eigenvalue weighted by molar-refractivity contribution is 8.77. The average molecular weight is 1150 g/mol. The third kappa shape index (κ3) is 20.2. The van der Waals surface area contributed by atoms with Crippen molar-refractivity contribution in [1.29, 1.82) is 0 Å². The molecule has 18 N–H and O–H groups in total. The van der Waals surface area contributed by atoms with E-state index in [9.17, 15) is 57.8 Å². The number of likely N-dealkylation sites (tertiary alicyclic amines) is 1. The lowest BCUT2D eigenvalue weighted by Crippen LogP contribution is -2.61. The number of rotatable bonds is 19. The molecule has 3 aliphatic heterocycles. The van der Waals surface area contributed by atoms with Gasteiger partial charge < -0.3 is 75.9 Å². The molecule has 2 aromatic rings. The van der Waals surface area contributed by atoms with Crippen molar-refractivity contribution in [2.24, 2.45) is 33.7 Å². The molecule has 3 unspecified atom stereocenters. The molecule has 11 amide bonds. The summed E-state index contributed by atoms with van der Waals surface area (Å²) < 4.78 is -1.14. The number of nitrogens with two attached hydrogens (primary N) is 5. The lowest BCUT2D eigenvalue weighted by atomic mass is 10.0. The maximum absolute atomic E-state index is 14.9. The number of hydrogen-bond donors (Lipinski definition) is 13. The third-order valence-corrected chi connectivity index (χ3v) is 16.1. The highest BCUT2D eigenvalue weighted by Crippen LogP contribution is 2.44. The van der Waals surface area contributed by atoms with Crippen LogP contribution >= 0.6 is 33.3 Å². The van der Waals surface area contributed by atoms with Crippen molar-refractivity contribution >= 4 is 104 Å². The summed E-state index contributed by atoms with van der Waals surface area (Å²) >= 11 is 1.32. The van der Waals surface area contributed by atoms with Crippen molar-refractivity contribution < 1.29 is 57.8 Å². The maximum atomic E-state index is 14.9. The summed E-state index contributed by atoms with van der Waals surface area (Å²) in [6, 6.07) is 4.30. The van der Waals surface area contributed by atoms with Crippen LogP contribution in [0.3, 0.4) is 0 Å². The number of nitrogens with zero attached hydrogens (tertiary/aromatic N) is 2. The van der Waals surface area contributed by atoms with Gasteiger partial charge in [0.25, 0.3) is 0 Å². The van der Waals surface area contributed by atoms with Crippen molar-refractivity contribution in [2.45, 2.75) is 111 Å². The summed E-state index contributed by atoms with van der Waals surface area (Å²) in [5, 5.41) is 31.7. The predicted octanol–water partition coefficient (Wildman–Crippen LogP) is -2.83. The van der Waals surface area contributed by atoms with Crippen molar-refractivity contribution in [2.75, 3.05) is 25.4 Å². The fourth-order valence-corrected chi connectivity index (χ4v) is 12.3. The Hall–Kier alpha value is -7.79. The molecule has 5 rings (SSSR count). The molecule has 426 valence electrons. The summed E-state index contributed by atoms with van der Waals surface area (Å²) in [4.78, 5) is 156. The van der Waals surface area contributed by atoms with Crippen molar-refractivity contribution in [3.8, 4) is 5.75 Å². The average Bonchev–Trinajstić information content (AvgIpc) is 3.98. The van der Waals surface area contributed by atoms with Gasteiger partial charge in [-0.05, 0) is 66.2 Å². The van der Waals surface area contributed by atoms with Crippen LogP contribution in [-0.4, -0.2) is 153 Å². The molecule has 1 spiro atoms. The number of amides is 11. The quantitative estimate of drug-likeness (QED) is 0.0292. The second-order valence-corrected chi connectivity index (χ2v) is 22.2. The maximum Gasteiger partial charge on any atom is 0.246 e. The number of benzene rings is 2. The van der Waals surface area contributed by atoms with Crippen LogP contribution in [0.15, 0.2) is 82.6 Å². The molecule has 7 atom stereocenters. The van der Waals surface area contributed by atoms with Crippen LogP contribution in [0, 0.1) is 0 Å². The largest absolute Gasteiger partial charge is 0.508 e. The van der Waals surface area contributed by atoms with Crippen LogP contribution in [0.2, 0.25) is 0 Å². The Balaban J connectivity index is 1.54. The van der Waals surface area contributed by atoms with Gasteiger partial charge >= 0.3 is 0 Å². The molecule has 79 heavy (non-hydrogen) atoms. The first kappa shape index (κ1) is 62.1. The van der Waals surface area contributed by atoms with Gasteiger partial charge in [-0.1, -0.05) is 76.2 Å². The first-order valence-corrected chi connectivity index (χ1v) is 28.3. The Labute approximate surface area is 467 Å². The third-order valence-electron chi connectivity index (χ3n) is 12.5. The van der Waals surface area contributed by atoms with Gasteiger partial charge in [0, 0.05) is 44.5 Å². The van der Waals surface area contributed by atoms with E-state index in [0.29, 0.717) is 17.5 Å². The summed E-state index contributed by atoms with van der Waals surface area (Å²) in [6.45, 7) is -0.439. The Morgan fingerprint density at radius 2 is 1.35 bits per heavy atom. The Bertz CT molecular complexity index is 2650. The van der Waals surface area contributed by atoms with Crippen LogP contribution in [0.1, 0.15) is 62.5 Å². The van der Waals surface area contributed by atoms with Gasteiger partial charge in [0.1, 0.15) is 48.0 Å². The minimum absolute atomic E-state index is 0.00206. The molecule has 3 heterocycles. The van der Waals surface area contributed by atoms with Crippen LogP contribution in [-0.2, 0) is 65.6 Å². The number of thioether (sulfide) groups is 1. The van der Waals surface area contributed by atoms with E-state index in [0.717, 1.165) is 21.6 Å². The number of nitrogens with one attached hydrogen (secondary N) is 7. The molecule has 0 bridgehead atoms. The fraction of sp³-hybridized carbons (Fsp3) is 0.440. The molecule has 0 aromatic heterocycles. The lowest BCUT2D eigenvalue weighted by Gasteiger charge is -2.32.